The first-order valence-corrected chi connectivity index (χ1v) is 9.13. The zero-order valence-corrected chi connectivity index (χ0v) is 16.7. The fraction of sp³-hybridized carbons (Fsp3) is 0.286. The minimum absolute atomic E-state index is 0.0581. The van der Waals surface area contributed by atoms with Crippen molar-refractivity contribution in [3.8, 4) is 11.5 Å². The molecule has 1 atom stereocenters. The van der Waals surface area contributed by atoms with Crippen molar-refractivity contribution in [2.45, 2.75) is 25.6 Å². The Morgan fingerprint density at radius 3 is 2.06 bits per heavy atom. The lowest BCUT2D eigenvalue weighted by Crippen LogP contribution is -2.48. The highest BCUT2D eigenvalue weighted by molar-refractivity contribution is 5.91. The number of alkyl halides is 3. The van der Waals surface area contributed by atoms with E-state index in [-0.39, 0.29) is 18.8 Å². The van der Waals surface area contributed by atoms with Gasteiger partial charge in [-0.05, 0) is 48.9 Å². The van der Waals surface area contributed by atoms with Gasteiger partial charge in [0.15, 0.2) is 0 Å². The molecule has 0 spiro atoms. The molecule has 0 saturated carbocycles. The van der Waals surface area contributed by atoms with Gasteiger partial charge in [-0.2, -0.15) is 13.2 Å². The van der Waals surface area contributed by atoms with Crippen LogP contribution in [0.3, 0.4) is 0 Å². The van der Waals surface area contributed by atoms with Gasteiger partial charge in [0.05, 0.1) is 19.3 Å². The first-order valence-electron chi connectivity index (χ1n) is 9.13. The average Bonchev–Trinajstić information content (AvgIpc) is 2.74. The number of benzene rings is 2. The molecule has 1 amide bonds. The number of rotatable bonds is 8. The highest BCUT2D eigenvalue weighted by atomic mass is 19.4. The van der Waals surface area contributed by atoms with Gasteiger partial charge in [-0.15, -0.1) is 0 Å². The normalized spacial score (nSPS) is 11.9. The van der Waals surface area contributed by atoms with Crippen LogP contribution in [-0.2, 0) is 20.7 Å². The highest BCUT2D eigenvalue weighted by Gasteiger charge is 2.41. The molecule has 0 aliphatic rings. The maximum absolute atomic E-state index is 12.5. The Hall–Kier alpha value is -3.56. The molecule has 31 heavy (non-hydrogen) atoms. The first kappa shape index (κ1) is 23.7. The molecule has 0 aliphatic heterocycles. The topological polar surface area (TPSA) is 90.9 Å². The van der Waals surface area contributed by atoms with Crippen LogP contribution in [0.15, 0.2) is 48.5 Å². The summed E-state index contributed by atoms with van der Waals surface area (Å²) in [5.41, 5.74) is 0.715. The van der Waals surface area contributed by atoms with E-state index >= 15 is 0 Å². The largest absolute Gasteiger partial charge is 0.497 e. The van der Waals surface area contributed by atoms with Gasteiger partial charge in [0.1, 0.15) is 17.5 Å². The molecule has 2 aromatic carbocycles. The van der Waals surface area contributed by atoms with E-state index in [0.29, 0.717) is 16.9 Å². The summed E-state index contributed by atoms with van der Waals surface area (Å²) < 4.78 is 52.6. The summed E-state index contributed by atoms with van der Waals surface area (Å²) >= 11 is 0. The highest BCUT2D eigenvalue weighted by Crippen LogP contribution is 2.19. The Morgan fingerprint density at radius 2 is 1.55 bits per heavy atom. The SMILES string of the molecule is CCOC(=O)C(Cc1ccc(OC(=O)c2ccc(OC)cc2)cc1)NC(=O)C(F)(F)F. The van der Waals surface area contributed by atoms with Gasteiger partial charge < -0.3 is 19.5 Å². The maximum Gasteiger partial charge on any atom is 0.471 e. The van der Waals surface area contributed by atoms with Crippen molar-refractivity contribution in [3.63, 3.8) is 0 Å². The van der Waals surface area contributed by atoms with Gasteiger partial charge in [-0.25, -0.2) is 9.59 Å². The van der Waals surface area contributed by atoms with Crippen molar-refractivity contribution in [3.05, 3.63) is 59.7 Å². The van der Waals surface area contributed by atoms with E-state index in [1.165, 1.54) is 50.4 Å². The molecule has 2 aromatic rings. The monoisotopic (exact) mass is 439 g/mol. The van der Waals surface area contributed by atoms with Crippen LogP contribution in [0.25, 0.3) is 0 Å². The Bertz CT molecular complexity index is 910. The van der Waals surface area contributed by atoms with Crippen molar-refractivity contribution in [1.82, 2.24) is 5.32 Å². The van der Waals surface area contributed by atoms with E-state index in [9.17, 15) is 27.6 Å². The van der Waals surface area contributed by atoms with Crippen LogP contribution in [0.1, 0.15) is 22.8 Å². The van der Waals surface area contributed by atoms with Gasteiger partial charge in [0, 0.05) is 6.42 Å². The Balaban J connectivity index is 2.06. The Labute approximate surface area is 176 Å². The molecule has 0 fully saturated rings. The van der Waals surface area contributed by atoms with Gasteiger partial charge in [0.2, 0.25) is 0 Å². The number of carbonyl (C=O) groups is 3. The second kappa shape index (κ2) is 10.5. The number of amides is 1. The van der Waals surface area contributed by atoms with Crippen LogP contribution in [0.2, 0.25) is 0 Å². The summed E-state index contributed by atoms with van der Waals surface area (Å²) in [6, 6.07) is 10.5. The van der Waals surface area contributed by atoms with Gasteiger partial charge in [-0.1, -0.05) is 12.1 Å². The van der Waals surface area contributed by atoms with Crippen molar-refractivity contribution < 1.29 is 41.8 Å². The third kappa shape index (κ3) is 7.02. The average molecular weight is 439 g/mol. The maximum atomic E-state index is 12.5. The molecule has 0 radical (unpaired) electrons. The molecular formula is C21H20F3NO6. The minimum Gasteiger partial charge on any atom is -0.497 e. The molecule has 1 N–H and O–H groups in total. The fourth-order valence-electron chi connectivity index (χ4n) is 2.50. The van der Waals surface area contributed by atoms with E-state index < -0.39 is 30.1 Å². The third-order valence-corrected chi connectivity index (χ3v) is 4.03. The lowest BCUT2D eigenvalue weighted by molar-refractivity contribution is -0.175. The lowest BCUT2D eigenvalue weighted by atomic mass is 10.1. The molecule has 10 heteroatoms. The van der Waals surface area contributed by atoms with Gasteiger partial charge in [-0.3, -0.25) is 4.79 Å². The van der Waals surface area contributed by atoms with Crippen LogP contribution >= 0.6 is 0 Å². The Kier molecular flexibility index (Phi) is 8.00. The standard InChI is InChI=1S/C21H20F3NO6/c1-3-30-19(27)17(25-20(28)21(22,23)24)12-13-4-8-16(9-5-13)31-18(26)14-6-10-15(29-2)11-7-14/h4-11,17H,3,12H2,1-2H3,(H,25,28). The molecule has 0 saturated heterocycles. The zero-order chi connectivity index (χ0) is 23.0. The summed E-state index contributed by atoms with van der Waals surface area (Å²) in [4.78, 5) is 35.3. The molecule has 0 heterocycles. The fourth-order valence-corrected chi connectivity index (χ4v) is 2.50. The van der Waals surface area contributed by atoms with E-state index in [0.717, 1.165) is 0 Å². The number of ether oxygens (including phenoxy) is 3. The number of carbonyl (C=O) groups excluding carboxylic acids is 3. The number of esters is 2. The zero-order valence-electron chi connectivity index (χ0n) is 16.7. The van der Waals surface area contributed by atoms with Crippen molar-refractivity contribution >= 4 is 17.8 Å². The van der Waals surface area contributed by atoms with Crippen molar-refractivity contribution in [1.29, 1.82) is 0 Å². The second-order valence-electron chi connectivity index (χ2n) is 6.24. The Morgan fingerprint density at radius 1 is 0.968 bits per heavy atom. The van der Waals surface area contributed by atoms with E-state index in [1.54, 1.807) is 17.4 Å². The number of hydrogen-bond donors (Lipinski definition) is 1. The quantitative estimate of drug-likeness (QED) is 0.502. The number of nitrogens with one attached hydrogen (secondary N) is 1. The van der Waals surface area contributed by atoms with Gasteiger partial charge in [0.25, 0.3) is 0 Å². The number of hydrogen-bond acceptors (Lipinski definition) is 6. The molecule has 2 rings (SSSR count). The van der Waals surface area contributed by atoms with Crippen molar-refractivity contribution in [2.75, 3.05) is 13.7 Å². The molecule has 166 valence electrons. The predicted octanol–water partition coefficient (Wildman–Crippen LogP) is 3.07. The van der Waals surface area contributed by atoms with Crippen molar-refractivity contribution in [2.24, 2.45) is 0 Å². The van der Waals surface area contributed by atoms with Crippen LogP contribution < -0.4 is 14.8 Å². The predicted molar refractivity (Wildman–Crippen MR) is 103 cm³/mol. The van der Waals surface area contributed by atoms with Crippen LogP contribution in [0.5, 0.6) is 11.5 Å². The van der Waals surface area contributed by atoms with Crippen LogP contribution in [0, 0.1) is 0 Å². The first-order chi connectivity index (χ1) is 14.6. The molecular weight excluding hydrogens is 419 g/mol. The van der Waals surface area contributed by atoms with Crippen LogP contribution in [-0.4, -0.2) is 43.8 Å². The molecule has 0 aliphatic carbocycles. The van der Waals surface area contributed by atoms with Crippen LogP contribution in [0.4, 0.5) is 13.2 Å². The molecule has 7 nitrogen and oxygen atoms in total. The molecule has 0 aromatic heterocycles. The molecule has 1 unspecified atom stereocenters. The van der Waals surface area contributed by atoms with E-state index in [4.69, 9.17) is 14.2 Å². The van der Waals surface area contributed by atoms with E-state index in [1.807, 2.05) is 0 Å². The van der Waals surface area contributed by atoms with E-state index in [2.05, 4.69) is 0 Å². The summed E-state index contributed by atoms with van der Waals surface area (Å²) in [5.74, 6) is -3.07. The summed E-state index contributed by atoms with van der Waals surface area (Å²) in [6.07, 6.45) is -5.38. The number of halogens is 3. The summed E-state index contributed by atoms with van der Waals surface area (Å²) in [6.45, 7) is 1.43. The van der Waals surface area contributed by atoms with Gasteiger partial charge >= 0.3 is 24.0 Å². The number of methoxy groups -OCH3 is 1. The summed E-state index contributed by atoms with van der Waals surface area (Å²) in [7, 11) is 1.50. The smallest absolute Gasteiger partial charge is 0.471 e. The molecule has 0 bridgehead atoms. The lowest BCUT2D eigenvalue weighted by Gasteiger charge is -2.18. The summed E-state index contributed by atoms with van der Waals surface area (Å²) in [5, 5.41) is 1.63. The second-order valence-corrected chi connectivity index (χ2v) is 6.24. The minimum atomic E-state index is -5.13. The third-order valence-electron chi connectivity index (χ3n) is 4.03.